The van der Waals surface area contributed by atoms with Gasteiger partial charge in [-0.3, -0.25) is 0 Å². The van der Waals surface area contributed by atoms with E-state index >= 15 is 0 Å². The summed E-state index contributed by atoms with van der Waals surface area (Å²) < 4.78 is 19.2. The number of nitrogen functional groups attached to an aromatic ring is 1. The van der Waals surface area contributed by atoms with Crippen LogP contribution in [0.4, 0.5) is 10.2 Å². The van der Waals surface area contributed by atoms with Gasteiger partial charge in [0.1, 0.15) is 11.6 Å². The lowest BCUT2D eigenvalue weighted by Gasteiger charge is -2.09. The normalized spacial score (nSPS) is 14.2. The molecular weight excluding hydrogens is 259 g/mol. The summed E-state index contributed by atoms with van der Waals surface area (Å²) in [5.74, 6) is 6.90. The Balaban J connectivity index is 1.93. The van der Waals surface area contributed by atoms with Crippen LogP contribution in [0.2, 0.25) is 0 Å². The minimum absolute atomic E-state index is 0.147. The molecule has 20 heavy (non-hydrogen) atoms. The number of ether oxygens (including phenoxy) is 1. The maximum absolute atomic E-state index is 13.7. The van der Waals surface area contributed by atoms with E-state index in [1.165, 1.54) is 6.07 Å². The molecule has 0 atom stereocenters. The molecule has 1 aromatic carbocycles. The quantitative estimate of drug-likeness (QED) is 0.662. The minimum Gasteiger partial charge on any atom is -0.436 e. The topological polar surface area (TPSA) is 73.1 Å². The van der Waals surface area contributed by atoms with Crippen LogP contribution in [0.3, 0.4) is 0 Å². The molecule has 1 aliphatic carbocycles. The molecule has 1 heterocycles. The third-order valence-electron chi connectivity index (χ3n) is 3.11. The Morgan fingerprint density at radius 3 is 2.80 bits per heavy atom. The van der Waals surface area contributed by atoms with Crippen LogP contribution in [0.1, 0.15) is 30.1 Å². The number of aromatic nitrogens is 2. The van der Waals surface area contributed by atoms with Crippen LogP contribution >= 0.6 is 0 Å². The largest absolute Gasteiger partial charge is 0.436 e. The second-order valence-electron chi connectivity index (χ2n) is 4.90. The lowest BCUT2D eigenvalue weighted by molar-refractivity contribution is 0.424. The lowest BCUT2D eigenvalue weighted by Crippen LogP contribution is -2.10. The molecule has 0 amide bonds. The summed E-state index contributed by atoms with van der Waals surface area (Å²) in [7, 11) is 0. The van der Waals surface area contributed by atoms with Crippen LogP contribution in [0.15, 0.2) is 24.3 Å². The summed E-state index contributed by atoms with van der Waals surface area (Å²) in [6.07, 6.45) is 2.12. The number of rotatable bonds is 4. The molecule has 0 aliphatic heterocycles. The Kier molecular flexibility index (Phi) is 3.23. The average molecular weight is 274 g/mol. The lowest BCUT2D eigenvalue weighted by atomic mass is 10.2. The minimum atomic E-state index is -0.426. The molecular formula is C14H15FN4O. The third-order valence-corrected chi connectivity index (χ3v) is 3.11. The predicted octanol–water partition coefficient (Wildman–Crippen LogP) is 2.88. The van der Waals surface area contributed by atoms with Crippen molar-refractivity contribution >= 4 is 5.82 Å². The van der Waals surface area contributed by atoms with Gasteiger partial charge in [-0.15, -0.1) is 0 Å². The maximum Gasteiger partial charge on any atom is 0.224 e. The zero-order chi connectivity index (χ0) is 14.1. The van der Waals surface area contributed by atoms with Crippen molar-refractivity contribution in [1.29, 1.82) is 0 Å². The van der Waals surface area contributed by atoms with Gasteiger partial charge in [-0.25, -0.2) is 15.2 Å². The molecule has 5 nitrogen and oxygen atoms in total. The first-order chi connectivity index (χ1) is 9.65. The molecule has 6 heteroatoms. The van der Waals surface area contributed by atoms with Crippen molar-refractivity contribution in [3.05, 3.63) is 41.5 Å². The Morgan fingerprint density at radius 1 is 1.30 bits per heavy atom. The number of hydrazine groups is 1. The molecule has 1 saturated carbocycles. The molecule has 104 valence electrons. The SMILES string of the molecule is Cc1ccc(F)c(Oc2cc(NN)nc(C3CC3)n2)c1. The summed E-state index contributed by atoms with van der Waals surface area (Å²) >= 11 is 0. The van der Waals surface area contributed by atoms with Crippen LogP contribution in [0.25, 0.3) is 0 Å². The molecule has 1 aliphatic rings. The molecule has 0 unspecified atom stereocenters. The molecule has 1 aromatic heterocycles. The Labute approximate surface area is 116 Å². The molecule has 3 N–H and O–H groups in total. The Bertz CT molecular complexity index is 643. The number of hydrogen-bond acceptors (Lipinski definition) is 5. The van der Waals surface area contributed by atoms with E-state index in [0.29, 0.717) is 23.4 Å². The predicted molar refractivity (Wildman–Crippen MR) is 73.0 cm³/mol. The molecule has 2 aromatic rings. The summed E-state index contributed by atoms with van der Waals surface area (Å²) in [4.78, 5) is 8.59. The number of hydrogen-bond donors (Lipinski definition) is 2. The fraction of sp³-hybridized carbons (Fsp3) is 0.286. The number of halogens is 1. The van der Waals surface area contributed by atoms with Crippen LogP contribution in [0.5, 0.6) is 11.6 Å². The van der Waals surface area contributed by atoms with Gasteiger partial charge in [-0.05, 0) is 37.5 Å². The van der Waals surface area contributed by atoms with E-state index in [9.17, 15) is 4.39 Å². The first kappa shape index (κ1) is 12.8. The van der Waals surface area contributed by atoms with Crippen molar-refractivity contribution in [1.82, 2.24) is 9.97 Å². The van der Waals surface area contributed by atoms with Gasteiger partial charge in [0, 0.05) is 12.0 Å². The fourth-order valence-electron chi connectivity index (χ4n) is 1.89. The third kappa shape index (κ3) is 2.70. The summed E-state index contributed by atoms with van der Waals surface area (Å²) in [5, 5.41) is 0. The molecule has 0 bridgehead atoms. The molecule has 1 fully saturated rings. The first-order valence-electron chi connectivity index (χ1n) is 6.45. The molecule has 0 saturated heterocycles. The highest BCUT2D eigenvalue weighted by atomic mass is 19.1. The van der Waals surface area contributed by atoms with E-state index in [-0.39, 0.29) is 5.75 Å². The van der Waals surface area contributed by atoms with Gasteiger partial charge >= 0.3 is 0 Å². The van der Waals surface area contributed by atoms with Gasteiger partial charge in [-0.2, -0.15) is 4.98 Å². The summed E-state index contributed by atoms with van der Waals surface area (Å²) in [6, 6.07) is 6.23. The number of aryl methyl sites for hydroxylation is 1. The van der Waals surface area contributed by atoms with Gasteiger partial charge in [0.25, 0.3) is 0 Å². The van der Waals surface area contributed by atoms with E-state index in [2.05, 4.69) is 15.4 Å². The highest BCUT2D eigenvalue weighted by Gasteiger charge is 2.27. The monoisotopic (exact) mass is 274 g/mol. The fourth-order valence-corrected chi connectivity index (χ4v) is 1.89. The first-order valence-corrected chi connectivity index (χ1v) is 6.45. The molecule has 0 radical (unpaired) electrons. The van der Waals surface area contributed by atoms with Crippen LogP contribution in [-0.4, -0.2) is 9.97 Å². The highest BCUT2D eigenvalue weighted by molar-refractivity contribution is 5.40. The van der Waals surface area contributed by atoms with Gasteiger partial charge in [0.2, 0.25) is 5.88 Å². The zero-order valence-corrected chi connectivity index (χ0v) is 11.1. The van der Waals surface area contributed by atoms with E-state index in [4.69, 9.17) is 10.6 Å². The smallest absolute Gasteiger partial charge is 0.224 e. The van der Waals surface area contributed by atoms with Gasteiger partial charge < -0.3 is 10.2 Å². The van der Waals surface area contributed by atoms with Crippen molar-refractivity contribution in [2.75, 3.05) is 5.43 Å². The second kappa shape index (κ2) is 5.05. The highest BCUT2D eigenvalue weighted by Crippen LogP contribution is 2.39. The van der Waals surface area contributed by atoms with Crippen molar-refractivity contribution in [2.45, 2.75) is 25.7 Å². The molecule has 0 spiro atoms. The summed E-state index contributed by atoms with van der Waals surface area (Å²) in [5.41, 5.74) is 3.39. The summed E-state index contributed by atoms with van der Waals surface area (Å²) in [6.45, 7) is 1.87. The van der Waals surface area contributed by atoms with E-state index < -0.39 is 5.82 Å². The van der Waals surface area contributed by atoms with Crippen molar-refractivity contribution in [2.24, 2.45) is 5.84 Å². The van der Waals surface area contributed by atoms with E-state index in [0.717, 1.165) is 18.4 Å². The number of nitrogens with one attached hydrogen (secondary N) is 1. The van der Waals surface area contributed by atoms with Crippen LogP contribution in [0, 0.1) is 12.7 Å². The van der Waals surface area contributed by atoms with Crippen molar-refractivity contribution in [3.8, 4) is 11.6 Å². The number of anilines is 1. The van der Waals surface area contributed by atoms with Crippen LogP contribution in [-0.2, 0) is 0 Å². The van der Waals surface area contributed by atoms with E-state index in [1.54, 1.807) is 18.2 Å². The van der Waals surface area contributed by atoms with Crippen LogP contribution < -0.4 is 16.0 Å². The van der Waals surface area contributed by atoms with Crippen molar-refractivity contribution in [3.63, 3.8) is 0 Å². The number of benzene rings is 1. The van der Waals surface area contributed by atoms with E-state index in [1.807, 2.05) is 6.92 Å². The van der Waals surface area contributed by atoms with Gasteiger partial charge in [0.05, 0.1) is 0 Å². The second-order valence-corrected chi connectivity index (χ2v) is 4.90. The van der Waals surface area contributed by atoms with Gasteiger partial charge in [-0.1, -0.05) is 6.07 Å². The number of nitrogens with zero attached hydrogens (tertiary/aromatic N) is 2. The number of nitrogens with two attached hydrogens (primary N) is 1. The molecule has 3 rings (SSSR count). The maximum atomic E-state index is 13.7. The average Bonchev–Trinajstić information content (AvgIpc) is 3.27. The zero-order valence-electron chi connectivity index (χ0n) is 11.1. The van der Waals surface area contributed by atoms with Gasteiger partial charge in [0.15, 0.2) is 11.6 Å². The Morgan fingerprint density at radius 2 is 2.10 bits per heavy atom. The standard InChI is InChI=1S/C14H15FN4O/c1-8-2-5-10(15)11(6-8)20-13-7-12(19-16)17-14(18-13)9-3-4-9/h2,5-7,9H,3-4,16H2,1H3,(H,17,18,19). The van der Waals surface area contributed by atoms with Crippen molar-refractivity contribution < 1.29 is 9.13 Å². The Hall–Kier alpha value is -2.21.